The van der Waals surface area contributed by atoms with Gasteiger partial charge in [0.2, 0.25) is 17.7 Å². The lowest BCUT2D eigenvalue weighted by atomic mass is 9.99. The van der Waals surface area contributed by atoms with E-state index in [0.29, 0.717) is 50.8 Å². The highest BCUT2D eigenvalue weighted by molar-refractivity contribution is 5.79. The minimum Gasteiger partial charge on any atom is -0.384 e. The molecule has 0 aromatic carbocycles. The van der Waals surface area contributed by atoms with Crippen molar-refractivity contribution in [3.05, 3.63) is 11.7 Å². The van der Waals surface area contributed by atoms with Crippen LogP contribution in [0.15, 0.2) is 4.52 Å². The largest absolute Gasteiger partial charge is 0.384 e. The van der Waals surface area contributed by atoms with Crippen molar-refractivity contribution < 1.29 is 18.8 Å². The third kappa shape index (κ3) is 6.09. The van der Waals surface area contributed by atoms with Gasteiger partial charge >= 0.3 is 0 Å². The topological polar surface area (TPSA) is 97.6 Å². The van der Waals surface area contributed by atoms with Crippen molar-refractivity contribution in [3.8, 4) is 0 Å². The Morgan fingerprint density at radius 1 is 1.38 bits per heavy atom. The van der Waals surface area contributed by atoms with Crippen LogP contribution in [0.5, 0.6) is 0 Å². The minimum absolute atomic E-state index is 0.0235. The molecule has 1 aromatic rings. The van der Waals surface area contributed by atoms with Gasteiger partial charge in [0.1, 0.15) is 0 Å². The smallest absolute Gasteiger partial charge is 0.229 e. The van der Waals surface area contributed by atoms with Crippen LogP contribution in [0, 0.1) is 0 Å². The molecule has 2 rings (SSSR count). The van der Waals surface area contributed by atoms with Crippen LogP contribution in [-0.2, 0) is 14.3 Å². The highest BCUT2D eigenvalue weighted by Crippen LogP contribution is 2.25. The molecule has 1 unspecified atom stereocenters. The van der Waals surface area contributed by atoms with Crippen molar-refractivity contribution in [3.63, 3.8) is 0 Å². The van der Waals surface area contributed by atoms with Gasteiger partial charge in [0.05, 0.1) is 13.0 Å². The van der Waals surface area contributed by atoms with E-state index < -0.39 is 0 Å². The molecule has 0 bridgehead atoms. The number of carbonyl (C=O) groups excluding carboxylic acids is 2. The van der Waals surface area contributed by atoms with Crippen molar-refractivity contribution in [2.75, 3.05) is 33.4 Å². The molecular weight excluding hydrogens is 336 g/mol. The lowest BCUT2D eigenvalue weighted by Gasteiger charge is -2.22. The molecule has 1 fully saturated rings. The second-order valence-corrected chi connectivity index (χ2v) is 7.00. The van der Waals surface area contributed by atoms with Gasteiger partial charge in [-0.3, -0.25) is 9.59 Å². The number of hydrogen-bond donors (Lipinski definition) is 1. The van der Waals surface area contributed by atoms with E-state index in [0.717, 1.165) is 19.3 Å². The first-order chi connectivity index (χ1) is 12.5. The standard InChI is InChI=1S/C18H30N4O4/c1-13(2)17-20-18(26-21-17)14-5-4-10-22(16(24)8-12-25-3)11-7-15(23)19-9-6-14/h13-14H,4-12H2,1-3H3,(H,19,23). The van der Waals surface area contributed by atoms with E-state index in [1.807, 2.05) is 13.8 Å². The molecule has 1 saturated heterocycles. The first-order valence-electron chi connectivity index (χ1n) is 9.38. The zero-order valence-corrected chi connectivity index (χ0v) is 16.0. The Balaban J connectivity index is 2.03. The van der Waals surface area contributed by atoms with Crippen LogP contribution in [0.25, 0.3) is 0 Å². The molecule has 1 atom stereocenters. The van der Waals surface area contributed by atoms with E-state index in [9.17, 15) is 9.59 Å². The molecule has 0 saturated carbocycles. The molecule has 1 aliphatic rings. The lowest BCUT2D eigenvalue weighted by molar-refractivity contribution is -0.132. The fraction of sp³-hybridized carbons (Fsp3) is 0.778. The van der Waals surface area contributed by atoms with Gasteiger partial charge in [-0.2, -0.15) is 4.98 Å². The summed E-state index contributed by atoms with van der Waals surface area (Å²) < 4.78 is 10.4. The summed E-state index contributed by atoms with van der Waals surface area (Å²) in [5.41, 5.74) is 0. The summed E-state index contributed by atoms with van der Waals surface area (Å²) in [6.45, 7) is 6.07. The van der Waals surface area contributed by atoms with Crippen LogP contribution in [-0.4, -0.2) is 60.2 Å². The maximum absolute atomic E-state index is 12.3. The number of amides is 2. The molecule has 146 valence electrons. The quantitative estimate of drug-likeness (QED) is 0.854. The fourth-order valence-electron chi connectivity index (χ4n) is 2.99. The monoisotopic (exact) mass is 366 g/mol. The predicted molar refractivity (Wildman–Crippen MR) is 95.7 cm³/mol. The third-order valence-corrected chi connectivity index (χ3v) is 4.60. The zero-order valence-electron chi connectivity index (χ0n) is 16.0. The Morgan fingerprint density at radius 3 is 2.88 bits per heavy atom. The SMILES string of the molecule is COCCC(=O)N1CCCC(c2nc(C(C)C)no2)CCNC(=O)CC1. The Bertz CT molecular complexity index is 588. The summed E-state index contributed by atoms with van der Waals surface area (Å²) in [7, 11) is 1.58. The van der Waals surface area contributed by atoms with Gasteiger partial charge in [0.25, 0.3) is 0 Å². The number of hydrogen-bond acceptors (Lipinski definition) is 6. The second-order valence-electron chi connectivity index (χ2n) is 7.00. The van der Waals surface area contributed by atoms with Crippen LogP contribution in [0.1, 0.15) is 69.5 Å². The molecule has 8 heteroatoms. The van der Waals surface area contributed by atoms with Crippen LogP contribution in [0.2, 0.25) is 0 Å². The van der Waals surface area contributed by atoms with Gasteiger partial charge in [0.15, 0.2) is 5.82 Å². The fourth-order valence-corrected chi connectivity index (χ4v) is 2.99. The third-order valence-electron chi connectivity index (χ3n) is 4.60. The highest BCUT2D eigenvalue weighted by atomic mass is 16.5. The number of carbonyl (C=O) groups is 2. The number of methoxy groups -OCH3 is 1. The summed E-state index contributed by atoms with van der Waals surface area (Å²) in [5, 5.41) is 6.97. The van der Waals surface area contributed by atoms with Crippen LogP contribution in [0.4, 0.5) is 0 Å². The van der Waals surface area contributed by atoms with Crippen LogP contribution < -0.4 is 5.32 Å². The lowest BCUT2D eigenvalue weighted by Crippen LogP contribution is -2.36. The number of nitrogens with zero attached hydrogens (tertiary/aromatic N) is 3. The molecule has 1 aromatic heterocycles. The number of rotatable bonds is 5. The summed E-state index contributed by atoms with van der Waals surface area (Å²) in [5.74, 6) is 1.61. The normalized spacial score (nSPS) is 19.9. The maximum Gasteiger partial charge on any atom is 0.229 e. The van der Waals surface area contributed by atoms with Crippen molar-refractivity contribution >= 4 is 11.8 Å². The molecule has 0 aliphatic carbocycles. The summed E-state index contributed by atoms with van der Waals surface area (Å²) in [6.07, 6.45) is 3.08. The molecule has 0 radical (unpaired) electrons. The molecular formula is C18H30N4O4. The summed E-state index contributed by atoms with van der Waals surface area (Å²) >= 11 is 0. The van der Waals surface area contributed by atoms with Crippen molar-refractivity contribution in [2.45, 2.75) is 57.8 Å². The van der Waals surface area contributed by atoms with E-state index in [4.69, 9.17) is 9.26 Å². The molecule has 1 N–H and O–H groups in total. The summed E-state index contributed by atoms with van der Waals surface area (Å²) in [4.78, 5) is 30.6. The van der Waals surface area contributed by atoms with E-state index in [1.165, 1.54) is 0 Å². The first-order valence-corrected chi connectivity index (χ1v) is 9.38. The van der Waals surface area contributed by atoms with E-state index in [2.05, 4.69) is 15.5 Å². The van der Waals surface area contributed by atoms with Gasteiger partial charge in [0, 0.05) is 45.0 Å². The van der Waals surface area contributed by atoms with Gasteiger partial charge in [-0.15, -0.1) is 0 Å². The summed E-state index contributed by atoms with van der Waals surface area (Å²) in [6, 6.07) is 0. The van der Waals surface area contributed by atoms with Crippen molar-refractivity contribution in [1.29, 1.82) is 0 Å². The Kier molecular flexibility index (Phi) is 8.03. The average molecular weight is 366 g/mol. The van der Waals surface area contributed by atoms with E-state index >= 15 is 0 Å². The van der Waals surface area contributed by atoms with E-state index in [1.54, 1.807) is 12.0 Å². The van der Waals surface area contributed by atoms with Gasteiger partial charge in [-0.05, 0) is 19.3 Å². The molecule has 26 heavy (non-hydrogen) atoms. The van der Waals surface area contributed by atoms with Crippen LogP contribution in [0.3, 0.4) is 0 Å². The van der Waals surface area contributed by atoms with Gasteiger partial charge < -0.3 is 19.5 Å². The number of ether oxygens (including phenoxy) is 1. The molecule has 2 heterocycles. The first kappa shape index (κ1) is 20.4. The predicted octanol–water partition coefficient (Wildman–Crippen LogP) is 1.83. The van der Waals surface area contributed by atoms with Crippen molar-refractivity contribution in [2.24, 2.45) is 0 Å². The molecule has 1 aliphatic heterocycles. The zero-order chi connectivity index (χ0) is 18.9. The maximum atomic E-state index is 12.3. The Hall–Kier alpha value is -1.96. The van der Waals surface area contributed by atoms with Gasteiger partial charge in [-0.1, -0.05) is 19.0 Å². The molecule has 2 amide bonds. The van der Waals surface area contributed by atoms with Crippen LogP contribution >= 0.6 is 0 Å². The Morgan fingerprint density at radius 2 is 2.19 bits per heavy atom. The number of nitrogens with one attached hydrogen (secondary N) is 1. The molecule has 0 spiro atoms. The minimum atomic E-state index is -0.0383. The molecule has 8 nitrogen and oxygen atoms in total. The second kappa shape index (κ2) is 10.3. The van der Waals surface area contributed by atoms with E-state index in [-0.39, 0.29) is 23.7 Å². The van der Waals surface area contributed by atoms with Gasteiger partial charge in [-0.25, -0.2) is 0 Å². The Labute approximate surface area is 154 Å². The average Bonchev–Trinajstić information content (AvgIpc) is 3.09. The highest BCUT2D eigenvalue weighted by Gasteiger charge is 2.22. The van der Waals surface area contributed by atoms with Crippen molar-refractivity contribution in [1.82, 2.24) is 20.4 Å². The number of aromatic nitrogens is 2.